The van der Waals surface area contributed by atoms with Crippen LogP contribution in [0.4, 0.5) is 0 Å². The van der Waals surface area contributed by atoms with Crippen LogP contribution in [0.2, 0.25) is 0 Å². The van der Waals surface area contributed by atoms with Crippen molar-refractivity contribution in [2.24, 2.45) is 0 Å². The third kappa shape index (κ3) is 1.70. The van der Waals surface area contributed by atoms with Gasteiger partial charge in [-0.25, -0.2) is 0 Å². The number of allylic oxidation sites excluding steroid dienone is 3. The predicted molar refractivity (Wildman–Crippen MR) is 94.1 cm³/mol. The van der Waals surface area contributed by atoms with Crippen molar-refractivity contribution < 1.29 is 0 Å². The van der Waals surface area contributed by atoms with Crippen molar-refractivity contribution in [3.63, 3.8) is 0 Å². The van der Waals surface area contributed by atoms with Crippen molar-refractivity contribution in [1.29, 1.82) is 0 Å². The van der Waals surface area contributed by atoms with Crippen LogP contribution in [0, 0.1) is 6.92 Å². The first-order valence-corrected chi connectivity index (χ1v) is 8.18. The molecule has 110 valence electrons. The number of rotatable bonds is 1. The van der Waals surface area contributed by atoms with Crippen molar-refractivity contribution in [3.8, 4) is 0 Å². The van der Waals surface area contributed by atoms with Crippen LogP contribution >= 0.6 is 0 Å². The second-order valence-electron chi connectivity index (χ2n) is 6.84. The minimum absolute atomic E-state index is 0.117. The van der Waals surface area contributed by atoms with E-state index in [-0.39, 0.29) is 5.41 Å². The lowest BCUT2D eigenvalue weighted by Gasteiger charge is -2.42. The van der Waals surface area contributed by atoms with E-state index in [1.54, 1.807) is 0 Å². The summed E-state index contributed by atoms with van der Waals surface area (Å²) in [5.74, 6) is 0.500. The number of aryl methyl sites for hydroxylation is 1. The van der Waals surface area contributed by atoms with E-state index < -0.39 is 0 Å². The molecule has 0 aliphatic heterocycles. The van der Waals surface area contributed by atoms with Crippen LogP contribution in [-0.4, -0.2) is 0 Å². The third-order valence-electron chi connectivity index (χ3n) is 5.70. The first-order valence-electron chi connectivity index (χ1n) is 8.18. The maximum absolute atomic E-state index is 2.42. The third-order valence-corrected chi connectivity index (χ3v) is 5.70. The van der Waals surface area contributed by atoms with Crippen molar-refractivity contribution >= 4 is 6.08 Å². The normalized spacial score (nSPS) is 26.0. The van der Waals surface area contributed by atoms with Crippen LogP contribution < -0.4 is 0 Å². The highest BCUT2D eigenvalue weighted by Crippen LogP contribution is 2.57. The first-order chi connectivity index (χ1) is 10.6. The van der Waals surface area contributed by atoms with Gasteiger partial charge in [0.1, 0.15) is 0 Å². The van der Waals surface area contributed by atoms with Gasteiger partial charge in [0.15, 0.2) is 0 Å². The molecule has 2 aliphatic rings. The molecule has 0 spiro atoms. The summed E-state index contributed by atoms with van der Waals surface area (Å²) in [7, 11) is 0. The molecular weight excluding hydrogens is 264 g/mol. The van der Waals surface area contributed by atoms with E-state index in [9.17, 15) is 0 Å². The molecule has 0 N–H and O–H groups in total. The molecule has 0 nitrogen and oxygen atoms in total. The lowest BCUT2D eigenvalue weighted by atomic mass is 9.60. The molecule has 0 saturated heterocycles. The fourth-order valence-electron chi connectivity index (χ4n) is 4.37. The van der Waals surface area contributed by atoms with Crippen LogP contribution in [0.1, 0.15) is 48.4 Å². The number of hydrogen-bond acceptors (Lipinski definition) is 0. The zero-order chi connectivity index (χ0) is 15.3. The van der Waals surface area contributed by atoms with Crippen LogP contribution in [0.25, 0.3) is 6.08 Å². The number of benzene rings is 2. The summed E-state index contributed by atoms with van der Waals surface area (Å²) < 4.78 is 0. The van der Waals surface area contributed by atoms with Gasteiger partial charge >= 0.3 is 0 Å². The van der Waals surface area contributed by atoms with Crippen molar-refractivity contribution in [1.82, 2.24) is 0 Å². The van der Waals surface area contributed by atoms with E-state index in [2.05, 4.69) is 81.5 Å². The quantitative estimate of drug-likeness (QED) is 0.623. The fraction of sp³-hybridized carbons (Fsp3) is 0.273. The van der Waals surface area contributed by atoms with E-state index >= 15 is 0 Å². The molecule has 2 aromatic carbocycles. The number of hydrogen-bond donors (Lipinski definition) is 0. The van der Waals surface area contributed by atoms with Crippen molar-refractivity contribution in [3.05, 3.63) is 88.0 Å². The highest BCUT2D eigenvalue weighted by Gasteiger charge is 2.47. The maximum atomic E-state index is 2.42. The molecule has 2 unspecified atom stereocenters. The molecule has 0 aromatic heterocycles. The smallest absolute Gasteiger partial charge is 0.0306 e. The highest BCUT2D eigenvalue weighted by atomic mass is 14.5. The Labute approximate surface area is 133 Å². The Morgan fingerprint density at radius 1 is 0.955 bits per heavy atom. The fourth-order valence-corrected chi connectivity index (χ4v) is 4.37. The van der Waals surface area contributed by atoms with E-state index in [4.69, 9.17) is 0 Å². The SMILES string of the molecule is CC1=CCC2(c3ccc(C)cc3)C1=Cc1ccccc1C2C. The second kappa shape index (κ2) is 4.71. The van der Waals surface area contributed by atoms with Gasteiger partial charge < -0.3 is 0 Å². The molecule has 22 heavy (non-hydrogen) atoms. The van der Waals surface area contributed by atoms with Crippen molar-refractivity contribution in [2.45, 2.75) is 38.5 Å². The Morgan fingerprint density at radius 3 is 2.45 bits per heavy atom. The molecule has 0 fully saturated rings. The average Bonchev–Trinajstić information content (AvgIpc) is 2.87. The monoisotopic (exact) mass is 286 g/mol. The van der Waals surface area contributed by atoms with Crippen LogP contribution in [-0.2, 0) is 5.41 Å². The first kappa shape index (κ1) is 13.6. The summed E-state index contributed by atoms with van der Waals surface area (Å²) in [6.45, 7) is 6.83. The van der Waals surface area contributed by atoms with Gasteiger partial charge in [-0.05, 0) is 48.4 Å². The van der Waals surface area contributed by atoms with Crippen LogP contribution in [0.15, 0.2) is 65.8 Å². The standard InChI is InChI=1S/C22H22/c1-15-8-10-19(11-9-15)22-13-12-16(2)21(22)14-18-6-4-5-7-20(18)17(22)3/h4-12,14,17H,13H2,1-3H3. The summed E-state index contributed by atoms with van der Waals surface area (Å²) in [6.07, 6.45) is 5.96. The van der Waals surface area contributed by atoms with Crippen molar-refractivity contribution in [2.75, 3.05) is 0 Å². The Hall–Kier alpha value is -2.08. The van der Waals surface area contributed by atoms with Gasteiger partial charge in [0.2, 0.25) is 0 Å². The molecule has 2 aromatic rings. The molecule has 0 heterocycles. The van der Waals surface area contributed by atoms with Gasteiger partial charge in [0, 0.05) is 5.41 Å². The van der Waals surface area contributed by atoms with Gasteiger partial charge in [-0.2, -0.15) is 0 Å². The van der Waals surface area contributed by atoms with Gasteiger partial charge in [-0.15, -0.1) is 0 Å². The molecule has 0 saturated carbocycles. The van der Waals surface area contributed by atoms with E-state index in [0.29, 0.717) is 5.92 Å². The molecule has 0 amide bonds. The predicted octanol–water partition coefficient (Wildman–Crippen LogP) is 5.78. The van der Waals surface area contributed by atoms with E-state index in [1.807, 2.05) is 0 Å². The Balaban J connectivity index is 1.97. The topological polar surface area (TPSA) is 0 Å². The molecule has 0 radical (unpaired) electrons. The second-order valence-corrected chi connectivity index (χ2v) is 6.84. The van der Waals surface area contributed by atoms with Crippen LogP contribution in [0.3, 0.4) is 0 Å². The zero-order valence-corrected chi connectivity index (χ0v) is 13.6. The number of fused-ring (bicyclic) bond motifs is 2. The molecule has 0 heteroatoms. The van der Waals surface area contributed by atoms with E-state index in [1.165, 1.54) is 33.4 Å². The molecule has 2 atom stereocenters. The molecule has 4 rings (SSSR count). The summed E-state index contributed by atoms with van der Waals surface area (Å²) in [5.41, 5.74) is 8.74. The van der Waals surface area contributed by atoms with E-state index in [0.717, 1.165) is 6.42 Å². The minimum Gasteiger partial charge on any atom is -0.0800 e. The molecular formula is C22H22. The summed E-state index contributed by atoms with van der Waals surface area (Å²) in [6, 6.07) is 18.0. The summed E-state index contributed by atoms with van der Waals surface area (Å²) in [4.78, 5) is 0. The Bertz CT molecular complexity index is 789. The summed E-state index contributed by atoms with van der Waals surface area (Å²) >= 11 is 0. The summed E-state index contributed by atoms with van der Waals surface area (Å²) in [5, 5.41) is 0. The average molecular weight is 286 g/mol. The van der Waals surface area contributed by atoms with Gasteiger partial charge in [0.05, 0.1) is 0 Å². The van der Waals surface area contributed by atoms with Gasteiger partial charge in [-0.3, -0.25) is 0 Å². The highest BCUT2D eigenvalue weighted by molar-refractivity contribution is 5.73. The maximum Gasteiger partial charge on any atom is 0.0306 e. The van der Waals surface area contributed by atoms with Gasteiger partial charge in [-0.1, -0.05) is 78.7 Å². The Morgan fingerprint density at radius 2 is 1.68 bits per heavy atom. The lowest BCUT2D eigenvalue weighted by molar-refractivity contribution is 0.443. The largest absolute Gasteiger partial charge is 0.0800 e. The lowest BCUT2D eigenvalue weighted by Crippen LogP contribution is -2.34. The van der Waals surface area contributed by atoms with Gasteiger partial charge in [0.25, 0.3) is 0 Å². The molecule has 2 aliphatic carbocycles. The Kier molecular flexibility index (Phi) is 2.91. The van der Waals surface area contributed by atoms with Crippen LogP contribution in [0.5, 0.6) is 0 Å². The minimum atomic E-state index is 0.117. The molecule has 0 bridgehead atoms. The zero-order valence-electron chi connectivity index (χ0n) is 13.6.